The van der Waals surface area contributed by atoms with Crippen LogP contribution >= 0.6 is 11.8 Å². The highest BCUT2D eigenvalue weighted by atomic mass is 32.2. The molecule has 0 amide bonds. The van der Waals surface area contributed by atoms with E-state index in [1.807, 2.05) is 18.2 Å². The first kappa shape index (κ1) is 13.3. The number of rotatable bonds is 7. The van der Waals surface area contributed by atoms with Crippen LogP contribution in [0.4, 0.5) is 5.82 Å². The number of nitrogens with zero attached hydrogens (tertiary/aromatic N) is 2. The maximum Gasteiger partial charge on any atom is 0.141 e. The third-order valence-corrected chi connectivity index (χ3v) is 3.33. The van der Waals surface area contributed by atoms with Crippen molar-refractivity contribution in [3.63, 3.8) is 0 Å². The second kappa shape index (κ2) is 7.49. The van der Waals surface area contributed by atoms with Crippen molar-refractivity contribution in [1.82, 2.24) is 9.88 Å². The lowest BCUT2D eigenvalue weighted by molar-refractivity contribution is 0.324. The summed E-state index contributed by atoms with van der Waals surface area (Å²) in [5.41, 5.74) is 2.55. The number of nitrogen functional groups attached to an aromatic ring is 1. The summed E-state index contributed by atoms with van der Waals surface area (Å²) < 4.78 is 0. The normalized spacial score (nSPS) is 10.8. The van der Waals surface area contributed by atoms with Crippen molar-refractivity contribution >= 4 is 17.6 Å². The van der Waals surface area contributed by atoms with Gasteiger partial charge in [-0.2, -0.15) is 0 Å². The minimum atomic E-state index is 0.716. The minimum Gasteiger partial charge on any atom is -0.308 e. The summed E-state index contributed by atoms with van der Waals surface area (Å²) >= 11 is 1.76. The number of nitrogens with one attached hydrogen (secondary N) is 1. The van der Waals surface area contributed by atoms with Gasteiger partial charge in [0.25, 0.3) is 0 Å². The Balaban J connectivity index is 2.36. The summed E-state index contributed by atoms with van der Waals surface area (Å²) in [6.07, 6.45) is 0. The van der Waals surface area contributed by atoms with Gasteiger partial charge in [-0.25, -0.2) is 10.8 Å². The summed E-state index contributed by atoms with van der Waals surface area (Å²) in [4.78, 5) is 6.75. The average molecular weight is 240 g/mol. The zero-order valence-corrected chi connectivity index (χ0v) is 10.8. The van der Waals surface area contributed by atoms with E-state index in [1.54, 1.807) is 11.8 Å². The molecule has 0 aliphatic rings. The SMILES string of the molecule is CCN(CC)CCSc1cccc(NN)n1. The van der Waals surface area contributed by atoms with Crippen LogP contribution in [0.1, 0.15) is 13.8 Å². The first-order valence-electron chi connectivity index (χ1n) is 5.59. The van der Waals surface area contributed by atoms with Crippen molar-refractivity contribution in [1.29, 1.82) is 0 Å². The van der Waals surface area contributed by atoms with E-state index in [2.05, 4.69) is 29.2 Å². The van der Waals surface area contributed by atoms with Gasteiger partial charge in [0, 0.05) is 12.3 Å². The number of hydrogen-bond acceptors (Lipinski definition) is 5. The molecule has 1 aromatic rings. The highest BCUT2D eigenvalue weighted by molar-refractivity contribution is 7.99. The molecule has 0 aliphatic heterocycles. The van der Waals surface area contributed by atoms with Crippen LogP contribution in [-0.4, -0.2) is 35.3 Å². The van der Waals surface area contributed by atoms with Crippen LogP contribution in [-0.2, 0) is 0 Å². The predicted molar refractivity (Wildman–Crippen MR) is 70.6 cm³/mol. The van der Waals surface area contributed by atoms with Gasteiger partial charge in [-0.15, -0.1) is 11.8 Å². The fraction of sp³-hybridized carbons (Fsp3) is 0.545. The monoisotopic (exact) mass is 240 g/mol. The summed E-state index contributed by atoms with van der Waals surface area (Å²) in [5.74, 6) is 7.08. The molecule has 16 heavy (non-hydrogen) atoms. The van der Waals surface area contributed by atoms with E-state index in [-0.39, 0.29) is 0 Å². The lowest BCUT2D eigenvalue weighted by atomic mass is 10.5. The molecular weight excluding hydrogens is 220 g/mol. The maximum absolute atomic E-state index is 5.31. The summed E-state index contributed by atoms with van der Waals surface area (Å²) in [5, 5.41) is 1.02. The van der Waals surface area contributed by atoms with Gasteiger partial charge in [0.1, 0.15) is 5.82 Å². The number of aromatic nitrogens is 1. The van der Waals surface area contributed by atoms with E-state index < -0.39 is 0 Å². The van der Waals surface area contributed by atoms with Crippen LogP contribution in [0.2, 0.25) is 0 Å². The van der Waals surface area contributed by atoms with E-state index in [4.69, 9.17) is 5.84 Å². The van der Waals surface area contributed by atoms with Gasteiger partial charge in [0.15, 0.2) is 0 Å². The van der Waals surface area contributed by atoms with Crippen molar-refractivity contribution in [3.8, 4) is 0 Å². The number of nitrogens with two attached hydrogens (primary N) is 1. The molecular formula is C11H20N4S. The number of pyridine rings is 1. The number of hydrazine groups is 1. The first-order chi connectivity index (χ1) is 7.80. The summed E-state index contributed by atoms with van der Waals surface area (Å²) in [7, 11) is 0. The fourth-order valence-electron chi connectivity index (χ4n) is 1.39. The second-order valence-corrected chi connectivity index (χ2v) is 4.50. The van der Waals surface area contributed by atoms with Gasteiger partial charge < -0.3 is 10.3 Å². The standard InChI is InChI=1S/C11H20N4S/c1-3-15(4-2)8-9-16-11-7-5-6-10(13-11)14-12/h5-7H,3-4,8-9,12H2,1-2H3,(H,13,14). The van der Waals surface area contributed by atoms with Crippen LogP contribution in [0.25, 0.3) is 0 Å². The molecule has 0 radical (unpaired) electrons. The molecule has 0 saturated heterocycles. The van der Waals surface area contributed by atoms with Gasteiger partial charge in [-0.3, -0.25) is 0 Å². The van der Waals surface area contributed by atoms with Crippen molar-refractivity contribution in [3.05, 3.63) is 18.2 Å². The molecule has 0 atom stereocenters. The molecule has 1 rings (SSSR count). The molecule has 4 nitrogen and oxygen atoms in total. The largest absolute Gasteiger partial charge is 0.308 e. The van der Waals surface area contributed by atoms with E-state index in [9.17, 15) is 0 Å². The molecule has 0 fully saturated rings. The Morgan fingerprint density at radius 1 is 1.38 bits per heavy atom. The molecule has 0 spiro atoms. The quantitative estimate of drug-likeness (QED) is 0.432. The maximum atomic E-state index is 5.31. The highest BCUT2D eigenvalue weighted by Crippen LogP contribution is 2.16. The molecule has 1 heterocycles. The number of thioether (sulfide) groups is 1. The Morgan fingerprint density at radius 2 is 2.12 bits per heavy atom. The lowest BCUT2D eigenvalue weighted by Gasteiger charge is -2.17. The molecule has 0 aliphatic carbocycles. The summed E-state index contributed by atoms with van der Waals surface area (Å²) in [6.45, 7) is 7.68. The summed E-state index contributed by atoms with van der Waals surface area (Å²) in [6, 6.07) is 5.82. The minimum absolute atomic E-state index is 0.716. The van der Waals surface area contributed by atoms with Gasteiger partial charge in [-0.1, -0.05) is 19.9 Å². The van der Waals surface area contributed by atoms with Gasteiger partial charge in [-0.05, 0) is 25.2 Å². The number of anilines is 1. The van der Waals surface area contributed by atoms with E-state index >= 15 is 0 Å². The fourth-order valence-corrected chi connectivity index (χ4v) is 2.29. The van der Waals surface area contributed by atoms with Crippen molar-refractivity contribution in [2.45, 2.75) is 18.9 Å². The van der Waals surface area contributed by atoms with E-state index in [1.165, 1.54) is 0 Å². The van der Waals surface area contributed by atoms with Gasteiger partial charge in [0.05, 0.1) is 5.03 Å². The first-order valence-corrected chi connectivity index (χ1v) is 6.57. The Hall–Kier alpha value is -0.780. The second-order valence-electron chi connectivity index (χ2n) is 3.38. The van der Waals surface area contributed by atoms with Crippen LogP contribution in [0.3, 0.4) is 0 Å². The number of hydrogen-bond donors (Lipinski definition) is 2. The van der Waals surface area contributed by atoms with E-state index in [0.717, 1.165) is 30.4 Å². The molecule has 0 bridgehead atoms. The molecule has 90 valence electrons. The van der Waals surface area contributed by atoms with Crippen molar-refractivity contribution in [2.24, 2.45) is 5.84 Å². The zero-order valence-electron chi connectivity index (χ0n) is 9.94. The van der Waals surface area contributed by atoms with Gasteiger partial charge >= 0.3 is 0 Å². The van der Waals surface area contributed by atoms with E-state index in [0.29, 0.717) is 5.82 Å². The molecule has 0 unspecified atom stereocenters. The Labute approximate surface area is 102 Å². The van der Waals surface area contributed by atoms with Crippen LogP contribution in [0.15, 0.2) is 23.2 Å². The molecule has 1 aromatic heterocycles. The topological polar surface area (TPSA) is 54.2 Å². The Kier molecular flexibility index (Phi) is 6.22. The van der Waals surface area contributed by atoms with Crippen LogP contribution < -0.4 is 11.3 Å². The predicted octanol–water partition coefficient (Wildman–Crippen LogP) is 1.80. The third kappa shape index (κ3) is 4.38. The van der Waals surface area contributed by atoms with Gasteiger partial charge in [0.2, 0.25) is 0 Å². The zero-order chi connectivity index (χ0) is 11.8. The Bertz CT molecular complexity index is 302. The van der Waals surface area contributed by atoms with Crippen LogP contribution in [0.5, 0.6) is 0 Å². The molecule has 0 aromatic carbocycles. The lowest BCUT2D eigenvalue weighted by Crippen LogP contribution is -2.25. The molecule has 0 saturated carbocycles. The molecule has 3 N–H and O–H groups in total. The highest BCUT2D eigenvalue weighted by Gasteiger charge is 2.01. The third-order valence-electron chi connectivity index (χ3n) is 2.42. The molecule has 5 heteroatoms. The Morgan fingerprint density at radius 3 is 2.75 bits per heavy atom. The average Bonchev–Trinajstić information content (AvgIpc) is 2.35. The smallest absolute Gasteiger partial charge is 0.141 e. The van der Waals surface area contributed by atoms with Crippen molar-refractivity contribution in [2.75, 3.05) is 30.8 Å². The van der Waals surface area contributed by atoms with Crippen molar-refractivity contribution < 1.29 is 0 Å². The van der Waals surface area contributed by atoms with Crippen LogP contribution in [0, 0.1) is 0 Å².